The molecule has 2 aromatic rings. The van der Waals surface area contributed by atoms with Crippen LogP contribution in [0.2, 0.25) is 0 Å². The zero-order chi connectivity index (χ0) is 18.6. The van der Waals surface area contributed by atoms with Crippen LogP contribution in [0.15, 0.2) is 59.6 Å². The summed E-state index contributed by atoms with van der Waals surface area (Å²) < 4.78 is 11.3. The summed E-state index contributed by atoms with van der Waals surface area (Å²) in [6, 6.07) is 18.2. The van der Waals surface area contributed by atoms with E-state index in [0.29, 0.717) is 26.3 Å². The lowest BCUT2D eigenvalue weighted by atomic mass is 10.1. The molecule has 0 saturated carbocycles. The summed E-state index contributed by atoms with van der Waals surface area (Å²) in [4.78, 5) is 4.24. The van der Waals surface area contributed by atoms with Crippen molar-refractivity contribution in [2.75, 3.05) is 20.2 Å². The van der Waals surface area contributed by atoms with Crippen molar-refractivity contribution in [1.82, 2.24) is 10.6 Å². The second kappa shape index (κ2) is 11.2. The molecule has 2 N–H and O–H groups in total. The molecule has 0 spiro atoms. The summed E-state index contributed by atoms with van der Waals surface area (Å²) >= 11 is 0. The fourth-order valence-corrected chi connectivity index (χ4v) is 2.35. The van der Waals surface area contributed by atoms with Crippen LogP contribution < -0.4 is 15.4 Å². The van der Waals surface area contributed by atoms with Gasteiger partial charge in [-0.1, -0.05) is 42.5 Å². The van der Waals surface area contributed by atoms with E-state index in [0.717, 1.165) is 11.7 Å². The molecular weight excluding hydrogens is 326 g/mol. The number of nitrogens with zero attached hydrogens (tertiary/aromatic N) is 1. The van der Waals surface area contributed by atoms with Crippen LogP contribution in [0, 0.1) is 0 Å². The van der Waals surface area contributed by atoms with Crippen molar-refractivity contribution >= 4 is 5.96 Å². The minimum absolute atomic E-state index is 0.234. The van der Waals surface area contributed by atoms with E-state index in [4.69, 9.17) is 9.47 Å². The van der Waals surface area contributed by atoms with Crippen molar-refractivity contribution in [1.29, 1.82) is 0 Å². The molecule has 0 amide bonds. The number of aliphatic imine (C=N–C) groups is 1. The van der Waals surface area contributed by atoms with Crippen molar-refractivity contribution in [3.05, 3.63) is 65.7 Å². The van der Waals surface area contributed by atoms with Gasteiger partial charge in [-0.15, -0.1) is 0 Å². The van der Waals surface area contributed by atoms with Gasteiger partial charge in [0.1, 0.15) is 12.4 Å². The summed E-state index contributed by atoms with van der Waals surface area (Å²) in [5.74, 6) is 1.63. The number of hydrogen-bond donors (Lipinski definition) is 2. The van der Waals surface area contributed by atoms with E-state index in [2.05, 4.69) is 39.9 Å². The number of guanidine groups is 1. The lowest BCUT2D eigenvalue weighted by Gasteiger charge is -2.13. The summed E-state index contributed by atoms with van der Waals surface area (Å²) in [5, 5.41) is 6.57. The standard InChI is InChI=1S/C21H29N3O2/c1-17(2)26-16-19-9-7-8-18(14-19)15-24-21(22-3)23-12-13-25-20-10-5-4-6-11-20/h4-11,14,17H,12-13,15-16H2,1-3H3,(H2,22,23,24). The molecule has 0 aliphatic carbocycles. The monoisotopic (exact) mass is 355 g/mol. The zero-order valence-corrected chi connectivity index (χ0v) is 15.9. The molecule has 5 nitrogen and oxygen atoms in total. The van der Waals surface area contributed by atoms with Crippen LogP contribution in [0.4, 0.5) is 0 Å². The van der Waals surface area contributed by atoms with Crippen LogP contribution in [0.5, 0.6) is 5.75 Å². The highest BCUT2D eigenvalue weighted by atomic mass is 16.5. The molecule has 0 unspecified atom stereocenters. The van der Waals surface area contributed by atoms with Crippen molar-refractivity contribution in [2.45, 2.75) is 33.1 Å². The van der Waals surface area contributed by atoms with Crippen molar-refractivity contribution in [3.63, 3.8) is 0 Å². The summed E-state index contributed by atoms with van der Waals surface area (Å²) in [6.45, 7) is 6.68. The number of nitrogens with one attached hydrogen (secondary N) is 2. The Morgan fingerprint density at radius 3 is 2.50 bits per heavy atom. The maximum atomic E-state index is 5.67. The van der Waals surface area contributed by atoms with Crippen LogP contribution in [0.25, 0.3) is 0 Å². The number of para-hydroxylation sites is 1. The minimum atomic E-state index is 0.234. The third kappa shape index (κ3) is 7.57. The first kappa shape index (κ1) is 19.8. The number of ether oxygens (including phenoxy) is 2. The molecule has 0 bridgehead atoms. The number of hydrogen-bond acceptors (Lipinski definition) is 3. The molecule has 0 fully saturated rings. The van der Waals surface area contributed by atoms with Gasteiger partial charge in [0.05, 0.1) is 19.3 Å². The summed E-state index contributed by atoms with van der Waals surface area (Å²) in [7, 11) is 1.76. The smallest absolute Gasteiger partial charge is 0.191 e. The molecule has 0 aliphatic heterocycles. The Bertz CT molecular complexity index is 672. The Kier molecular flexibility index (Phi) is 8.49. The third-order valence-corrected chi connectivity index (χ3v) is 3.66. The average molecular weight is 355 g/mol. The zero-order valence-electron chi connectivity index (χ0n) is 15.9. The van der Waals surface area contributed by atoms with E-state index >= 15 is 0 Å². The molecule has 2 rings (SSSR count). The highest BCUT2D eigenvalue weighted by Crippen LogP contribution is 2.08. The van der Waals surface area contributed by atoms with Gasteiger partial charge in [-0.3, -0.25) is 4.99 Å². The van der Waals surface area contributed by atoms with E-state index < -0.39 is 0 Å². The fourth-order valence-electron chi connectivity index (χ4n) is 2.35. The van der Waals surface area contributed by atoms with Crippen LogP contribution in [-0.4, -0.2) is 32.3 Å². The second-order valence-electron chi connectivity index (χ2n) is 6.19. The van der Waals surface area contributed by atoms with E-state index in [9.17, 15) is 0 Å². The van der Waals surface area contributed by atoms with E-state index in [1.807, 2.05) is 44.2 Å². The first-order chi connectivity index (χ1) is 12.7. The van der Waals surface area contributed by atoms with E-state index in [1.54, 1.807) is 7.05 Å². The normalized spacial score (nSPS) is 11.5. The molecule has 0 radical (unpaired) electrons. The first-order valence-corrected chi connectivity index (χ1v) is 8.99. The molecule has 0 heterocycles. The van der Waals surface area contributed by atoms with Crippen molar-refractivity contribution in [3.8, 4) is 5.75 Å². The van der Waals surface area contributed by atoms with E-state index in [-0.39, 0.29) is 6.10 Å². The van der Waals surface area contributed by atoms with Crippen LogP contribution in [-0.2, 0) is 17.9 Å². The Hall–Kier alpha value is -2.53. The minimum Gasteiger partial charge on any atom is -0.492 e. The van der Waals surface area contributed by atoms with E-state index in [1.165, 1.54) is 11.1 Å². The van der Waals surface area contributed by atoms with Gasteiger partial charge in [0.25, 0.3) is 0 Å². The summed E-state index contributed by atoms with van der Waals surface area (Å²) in [6.07, 6.45) is 0.234. The SMILES string of the molecule is CN=C(NCCOc1ccccc1)NCc1cccc(COC(C)C)c1. The molecule has 140 valence electrons. The number of rotatable bonds is 9. The largest absolute Gasteiger partial charge is 0.492 e. The van der Waals surface area contributed by atoms with Gasteiger partial charge in [0.2, 0.25) is 0 Å². The predicted molar refractivity (Wildman–Crippen MR) is 107 cm³/mol. The number of benzene rings is 2. The highest BCUT2D eigenvalue weighted by molar-refractivity contribution is 5.79. The Morgan fingerprint density at radius 1 is 1.00 bits per heavy atom. The summed E-state index contributed by atoms with van der Waals surface area (Å²) in [5.41, 5.74) is 2.37. The fraction of sp³-hybridized carbons (Fsp3) is 0.381. The lowest BCUT2D eigenvalue weighted by Crippen LogP contribution is -2.38. The lowest BCUT2D eigenvalue weighted by molar-refractivity contribution is 0.0657. The van der Waals surface area contributed by atoms with Crippen molar-refractivity contribution in [2.24, 2.45) is 4.99 Å². The Balaban J connectivity index is 1.72. The quantitative estimate of drug-likeness (QED) is 0.411. The van der Waals surface area contributed by atoms with Gasteiger partial charge in [-0.05, 0) is 37.1 Å². The second-order valence-corrected chi connectivity index (χ2v) is 6.19. The first-order valence-electron chi connectivity index (χ1n) is 8.99. The average Bonchev–Trinajstić information content (AvgIpc) is 2.67. The molecule has 0 atom stereocenters. The maximum Gasteiger partial charge on any atom is 0.191 e. The molecular formula is C21H29N3O2. The maximum absolute atomic E-state index is 5.67. The van der Waals surface area contributed by atoms with Gasteiger partial charge in [-0.25, -0.2) is 0 Å². The molecule has 0 saturated heterocycles. The van der Waals surface area contributed by atoms with Crippen molar-refractivity contribution < 1.29 is 9.47 Å². The molecule has 0 aromatic heterocycles. The topological polar surface area (TPSA) is 54.9 Å². The molecule has 0 aliphatic rings. The molecule has 26 heavy (non-hydrogen) atoms. The van der Waals surface area contributed by atoms with Gasteiger partial charge >= 0.3 is 0 Å². The van der Waals surface area contributed by atoms with Crippen LogP contribution in [0.3, 0.4) is 0 Å². The molecule has 5 heteroatoms. The van der Waals surface area contributed by atoms with Gasteiger partial charge in [0.15, 0.2) is 5.96 Å². The Labute approximate surface area is 156 Å². The molecule has 2 aromatic carbocycles. The van der Waals surface area contributed by atoms with Gasteiger partial charge in [-0.2, -0.15) is 0 Å². The van der Waals surface area contributed by atoms with Crippen LogP contribution >= 0.6 is 0 Å². The van der Waals surface area contributed by atoms with Gasteiger partial charge < -0.3 is 20.1 Å². The Morgan fingerprint density at radius 2 is 1.77 bits per heavy atom. The van der Waals surface area contributed by atoms with Gasteiger partial charge in [0, 0.05) is 13.6 Å². The highest BCUT2D eigenvalue weighted by Gasteiger charge is 2.01. The third-order valence-electron chi connectivity index (χ3n) is 3.66. The predicted octanol–water partition coefficient (Wildman–Crippen LogP) is 3.36. The van der Waals surface area contributed by atoms with Crippen LogP contribution in [0.1, 0.15) is 25.0 Å².